The van der Waals surface area contributed by atoms with Gasteiger partial charge in [0.25, 0.3) is 0 Å². The molecular weight excluding hydrogens is 1270 g/mol. The highest BCUT2D eigenvalue weighted by atomic mass is 35.5. The number of piperidine rings is 3. The van der Waals surface area contributed by atoms with Crippen LogP contribution in [0.1, 0.15) is 127 Å². The summed E-state index contributed by atoms with van der Waals surface area (Å²) in [5, 5.41) is 14.5. The summed E-state index contributed by atoms with van der Waals surface area (Å²) in [4.78, 5) is 67.5. The first kappa shape index (κ1) is 64.1. The van der Waals surface area contributed by atoms with Crippen molar-refractivity contribution in [2.24, 2.45) is 11.8 Å². The Morgan fingerprint density at radius 1 is 0.543 bits per heavy atom. The molecule has 26 heteroatoms. The van der Waals surface area contributed by atoms with Crippen molar-refractivity contribution in [3.63, 3.8) is 0 Å². The molecule has 3 saturated heterocycles. The first-order chi connectivity index (χ1) is 45.4. The first-order valence-electron chi connectivity index (χ1n) is 33.0. The number of halogens is 3. The number of rotatable bonds is 9. The Morgan fingerprint density at radius 3 is 1.29 bits per heavy atom. The monoisotopic (exact) mass is 1350 g/mol. The summed E-state index contributed by atoms with van der Waals surface area (Å²) in [6.45, 7) is 13.8. The van der Waals surface area contributed by atoms with Crippen LogP contribution in [0.2, 0.25) is 15.5 Å². The molecule has 0 aromatic carbocycles. The van der Waals surface area contributed by atoms with Crippen LogP contribution in [-0.4, -0.2) is 153 Å². The molecule has 1 amide bonds. The molecule has 494 valence electrons. The fourth-order valence-electron chi connectivity index (χ4n) is 15.9. The molecule has 4 aliphatic carbocycles. The lowest BCUT2D eigenvalue weighted by molar-refractivity contribution is 0.145. The number of amides is 1. The van der Waals surface area contributed by atoms with Crippen LogP contribution in [0, 0.1) is 11.8 Å². The minimum absolute atomic E-state index is 0.0243. The van der Waals surface area contributed by atoms with Gasteiger partial charge in [-0.15, -0.1) is 0 Å². The van der Waals surface area contributed by atoms with Crippen LogP contribution in [0.3, 0.4) is 0 Å². The van der Waals surface area contributed by atoms with Crippen LogP contribution < -0.4 is 39.4 Å². The summed E-state index contributed by atoms with van der Waals surface area (Å²) in [6.07, 6.45) is 29.0. The normalized spacial score (nSPS) is 23.4. The third kappa shape index (κ3) is 13.1. The summed E-state index contributed by atoms with van der Waals surface area (Å²) in [5.74, 6) is 3.80. The number of nitrogens with zero attached hydrogens (tertiary/aromatic N) is 15. The zero-order chi connectivity index (χ0) is 65.1. The van der Waals surface area contributed by atoms with Crippen molar-refractivity contribution in [3.8, 4) is 0 Å². The van der Waals surface area contributed by atoms with E-state index in [1.54, 1.807) is 19.0 Å². The van der Waals surface area contributed by atoms with E-state index in [-0.39, 0.29) is 36.4 Å². The van der Waals surface area contributed by atoms with Gasteiger partial charge in [0, 0.05) is 178 Å². The fourth-order valence-corrected chi connectivity index (χ4v) is 17.4. The lowest BCUT2D eigenvalue weighted by Gasteiger charge is -2.42. The summed E-state index contributed by atoms with van der Waals surface area (Å²) in [5.41, 5.74) is 16.9. The molecule has 0 radical (unpaired) electrons. The predicted octanol–water partition coefficient (Wildman–Crippen LogP) is 9.19. The second-order valence-corrected chi connectivity index (χ2v) is 29.7. The van der Waals surface area contributed by atoms with Crippen molar-refractivity contribution in [1.82, 2.24) is 54.9 Å². The van der Waals surface area contributed by atoms with Crippen molar-refractivity contribution >= 4 is 104 Å². The van der Waals surface area contributed by atoms with Gasteiger partial charge in [0.1, 0.15) is 51.9 Å². The van der Waals surface area contributed by atoms with E-state index in [0.717, 1.165) is 209 Å². The van der Waals surface area contributed by atoms with Crippen LogP contribution in [0.25, 0.3) is 18.2 Å². The van der Waals surface area contributed by atoms with Crippen LogP contribution in [0.4, 0.5) is 39.3 Å². The molecule has 0 spiro atoms. The zero-order valence-corrected chi connectivity index (χ0v) is 56.8. The predicted molar refractivity (Wildman–Crippen MR) is 369 cm³/mol. The van der Waals surface area contributed by atoms with Gasteiger partial charge >= 0.3 is 6.09 Å². The SMILES string of the molecule is COC(=O)NC1C2CCC1CN(c1ncnc3c1CN(c1cc(Cl)nc4c1C=CC4)[C@H](C)C3)C2.C[C@@H]1Cc2ncnc(N3CCC(NS(C)(=O)=O)CC3)c2CN1c1cc(Cl)nc2c1C=CC2.C[C@@H]1Cc2ncnc(N3CCC(O)CC3)c2CN1c1cc(Cl)nc2c1C=CC2. The van der Waals surface area contributed by atoms with Gasteiger partial charge in [0.15, 0.2) is 0 Å². The lowest BCUT2D eigenvalue weighted by Crippen LogP contribution is -2.53. The van der Waals surface area contributed by atoms with Gasteiger partial charge in [-0.2, -0.15) is 0 Å². The molecule has 12 heterocycles. The van der Waals surface area contributed by atoms with E-state index in [4.69, 9.17) is 44.5 Å². The number of allylic oxidation sites excluding steroid dienone is 3. The molecule has 94 heavy (non-hydrogen) atoms. The molecule has 6 aliphatic heterocycles. The highest BCUT2D eigenvalue weighted by molar-refractivity contribution is 7.88. The summed E-state index contributed by atoms with van der Waals surface area (Å²) in [7, 11) is -1.77. The largest absolute Gasteiger partial charge is 0.453 e. The number of hydrogen-bond acceptors (Lipinski definition) is 20. The number of alkyl carbamates (subject to hydrolysis) is 1. The summed E-state index contributed by atoms with van der Waals surface area (Å²) >= 11 is 19.1. The van der Waals surface area contributed by atoms with Crippen LogP contribution in [0.15, 0.2) is 55.4 Å². The van der Waals surface area contributed by atoms with E-state index < -0.39 is 10.0 Å². The number of fused-ring (bicyclic) bond motifs is 8. The van der Waals surface area contributed by atoms with E-state index in [0.29, 0.717) is 39.9 Å². The highest BCUT2D eigenvalue weighted by Crippen LogP contribution is 2.44. The molecule has 3 N–H and O–H groups in total. The van der Waals surface area contributed by atoms with Crippen LogP contribution in [0.5, 0.6) is 0 Å². The highest BCUT2D eigenvalue weighted by Gasteiger charge is 2.45. The number of hydrogen-bond donors (Lipinski definition) is 3. The Hall–Kier alpha value is -7.28. The average molecular weight is 1350 g/mol. The molecule has 2 bridgehead atoms. The summed E-state index contributed by atoms with van der Waals surface area (Å²) in [6, 6.07) is 6.96. The minimum atomic E-state index is -3.20. The molecule has 2 unspecified atom stereocenters. The van der Waals surface area contributed by atoms with Crippen molar-refractivity contribution in [2.45, 2.75) is 154 Å². The number of carbonyl (C=O) groups is 1. The Labute approximate surface area is 564 Å². The Morgan fingerprint density at radius 2 is 0.915 bits per heavy atom. The third-order valence-corrected chi connectivity index (χ3v) is 21.9. The van der Waals surface area contributed by atoms with Crippen molar-refractivity contribution in [3.05, 3.63) is 138 Å². The maximum absolute atomic E-state index is 11.9. The van der Waals surface area contributed by atoms with E-state index in [9.17, 15) is 18.3 Å². The summed E-state index contributed by atoms with van der Waals surface area (Å²) < 4.78 is 30.8. The van der Waals surface area contributed by atoms with Gasteiger partial charge in [-0.1, -0.05) is 71.3 Å². The van der Waals surface area contributed by atoms with Crippen molar-refractivity contribution in [2.75, 3.05) is 82.0 Å². The molecular formula is C68H80Cl3N17O5S. The van der Waals surface area contributed by atoms with Gasteiger partial charge in [-0.3, -0.25) is 0 Å². The van der Waals surface area contributed by atoms with Gasteiger partial charge < -0.3 is 44.6 Å². The van der Waals surface area contributed by atoms with Crippen LogP contribution >= 0.6 is 34.8 Å². The van der Waals surface area contributed by atoms with E-state index in [1.165, 1.54) is 35.6 Å². The standard InChI is InChI=1S/C25H29ClN6O2.C22H27ClN6O2S.C21H24ClN5O/c1-14-8-20-18(12-32(14)21-9-22(26)29-19-5-3-4-17(19)21)24(28-13-27-20)31-10-15-6-7-16(11-31)23(15)30-25(33)34-2;1-14-10-19-17(12-29(14)20-11-21(23)26-18-5-3-4-16(18)20)22(25-13-24-19)28-8-6-15(7-9-28)27-32(2,30)31;1-13-9-18-16(21(24-12-23-18)26-7-5-14(28)6-8-26)11-27(13)19-10-20(22)25-17-4-2-3-15(17)19/h3-4,9,13-16,23H,5-8,10-12H2,1-2H3,(H,30,33);3-4,11,13-15,27H,5-10,12H2,1-2H3;2-3,10,12-14,28H,4-9,11H2,1H3/t14-,15?,16?,23?;14-;13-/m111/s1. The number of pyridine rings is 3. The molecule has 16 rings (SSSR count). The lowest BCUT2D eigenvalue weighted by atomic mass is 9.91. The number of anilines is 6. The molecule has 5 atom stereocenters. The van der Waals surface area contributed by atoms with Gasteiger partial charge in [-0.05, 0) is 89.3 Å². The van der Waals surface area contributed by atoms with E-state index in [1.807, 2.05) is 18.2 Å². The van der Waals surface area contributed by atoms with Crippen molar-refractivity contribution < 1.29 is 23.1 Å². The maximum atomic E-state index is 11.9. The van der Waals surface area contributed by atoms with Gasteiger partial charge in [-0.25, -0.2) is 62.8 Å². The third-order valence-electron chi connectivity index (χ3n) is 20.6. The molecule has 6 aromatic heterocycles. The zero-order valence-electron chi connectivity index (χ0n) is 53.7. The molecule has 1 saturated carbocycles. The first-order valence-corrected chi connectivity index (χ1v) is 36.0. The number of aliphatic hydroxyl groups excluding tert-OH is 1. The molecule has 4 fully saturated rings. The second-order valence-electron chi connectivity index (χ2n) is 26.7. The molecule has 6 aromatic rings. The Bertz CT molecular complexity index is 4090. The maximum Gasteiger partial charge on any atom is 0.407 e. The minimum Gasteiger partial charge on any atom is -0.453 e. The van der Waals surface area contributed by atoms with Gasteiger partial charge in [0.05, 0.1) is 53.6 Å². The smallest absolute Gasteiger partial charge is 0.407 e. The fraction of sp³-hybridized carbons (Fsp3) is 0.500. The average Bonchev–Trinajstić information content (AvgIpc) is 1.18. The van der Waals surface area contributed by atoms with Gasteiger partial charge in [0.2, 0.25) is 10.0 Å². The number of sulfonamides is 1. The van der Waals surface area contributed by atoms with Crippen molar-refractivity contribution in [1.29, 1.82) is 0 Å². The number of ether oxygens (including phenoxy) is 1. The number of aliphatic hydroxyl groups is 1. The molecule has 22 nitrogen and oxygen atoms in total. The Kier molecular flexibility index (Phi) is 18.2. The Balaban J connectivity index is 0.000000122. The van der Waals surface area contributed by atoms with E-state index >= 15 is 0 Å². The quantitative estimate of drug-likeness (QED) is 0.114. The number of methoxy groups -OCH3 is 1. The van der Waals surface area contributed by atoms with E-state index in [2.05, 4.69) is 137 Å². The number of nitrogens with one attached hydrogen (secondary N) is 2. The second kappa shape index (κ2) is 26.7. The number of carbonyl (C=O) groups excluding carboxylic acids is 1. The topological polar surface area (TPSA) is 240 Å². The molecule has 10 aliphatic rings. The van der Waals surface area contributed by atoms with Crippen LogP contribution in [-0.2, 0) is 72.9 Å². The number of aromatic nitrogens is 9.